The molecule has 4 heteroatoms. The summed E-state index contributed by atoms with van der Waals surface area (Å²) >= 11 is 0. The molecular formula is C21H28O4. The molecule has 0 unspecified atom stereocenters. The van der Waals surface area contributed by atoms with Crippen molar-refractivity contribution in [3.05, 3.63) is 58.7 Å². The fourth-order valence-corrected chi connectivity index (χ4v) is 3.08. The first kappa shape index (κ1) is 19.3. The highest BCUT2D eigenvalue weighted by Crippen LogP contribution is 2.33. The van der Waals surface area contributed by atoms with Gasteiger partial charge in [0.2, 0.25) is 0 Å². The lowest BCUT2D eigenvalue weighted by atomic mass is 9.87. The van der Waals surface area contributed by atoms with Crippen LogP contribution in [-0.2, 0) is 0 Å². The van der Waals surface area contributed by atoms with Gasteiger partial charge < -0.3 is 19.7 Å². The number of benzene rings is 2. The van der Waals surface area contributed by atoms with E-state index in [1.165, 1.54) is 11.1 Å². The first-order valence-electron chi connectivity index (χ1n) is 8.79. The number of aryl methyl sites for hydroxylation is 2. The van der Waals surface area contributed by atoms with E-state index in [2.05, 4.69) is 31.2 Å². The Bertz CT molecular complexity index is 624. The second kappa shape index (κ2) is 9.44. The lowest BCUT2D eigenvalue weighted by Gasteiger charge is -2.19. The summed E-state index contributed by atoms with van der Waals surface area (Å²) in [5.74, 6) is 1.93. The number of ether oxygens (including phenoxy) is 2. The van der Waals surface area contributed by atoms with E-state index in [1.807, 2.05) is 26.0 Å². The van der Waals surface area contributed by atoms with Crippen LogP contribution in [0.1, 0.15) is 41.5 Å². The summed E-state index contributed by atoms with van der Waals surface area (Å²) in [5.41, 5.74) is 4.65. The largest absolute Gasteiger partial charge is 0.491 e. The Hall–Kier alpha value is -2.04. The number of rotatable bonds is 9. The quantitative estimate of drug-likeness (QED) is 0.730. The maximum atomic E-state index is 8.90. The average Bonchev–Trinajstić information content (AvgIpc) is 2.61. The minimum absolute atomic E-state index is 0.0166. The molecule has 25 heavy (non-hydrogen) atoms. The highest BCUT2D eigenvalue weighted by Gasteiger charge is 2.15. The van der Waals surface area contributed by atoms with Gasteiger partial charge in [0.05, 0.1) is 13.2 Å². The van der Waals surface area contributed by atoms with Gasteiger partial charge in [-0.1, -0.05) is 31.2 Å². The second-order valence-electron chi connectivity index (χ2n) is 6.15. The van der Waals surface area contributed by atoms with Crippen LogP contribution in [0, 0.1) is 13.8 Å². The summed E-state index contributed by atoms with van der Waals surface area (Å²) in [6, 6.07) is 12.5. The van der Waals surface area contributed by atoms with Crippen molar-refractivity contribution in [3.8, 4) is 11.5 Å². The van der Waals surface area contributed by atoms with Crippen LogP contribution in [0.5, 0.6) is 11.5 Å². The molecule has 2 aromatic carbocycles. The summed E-state index contributed by atoms with van der Waals surface area (Å²) in [6.45, 7) is 6.89. The third-order valence-electron chi connectivity index (χ3n) is 4.31. The van der Waals surface area contributed by atoms with E-state index >= 15 is 0 Å². The van der Waals surface area contributed by atoms with E-state index in [4.69, 9.17) is 19.7 Å². The van der Waals surface area contributed by atoms with Crippen molar-refractivity contribution in [2.75, 3.05) is 26.4 Å². The molecule has 2 rings (SSSR count). The molecule has 0 saturated carbocycles. The first-order valence-corrected chi connectivity index (χ1v) is 8.79. The molecule has 0 amide bonds. The third-order valence-corrected chi connectivity index (χ3v) is 4.31. The smallest absolute Gasteiger partial charge is 0.122 e. The lowest BCUT2D eigenvalue weighted by Crippen LogP contribution is -2.06. The van der Waals surface area contributed by atoms with Crippen LogP contribution in [-0.4, -0.2) is 36.6 Å². The highest BCUT2D eigenvalue weighted by atomic mass is 16.5. The summed E-state index contributed by atoms with van der Waals surface area (Å²) in [5, 5.41) is 17.8. The van der Waals surface area contributed by atoms with E-state index in [-0.39, 0.29) is 13.2 Å². The summed E-state index contributed by atoms with van der Waals surface area (Å²) in [4.78, 5) is 0. The van der Waals surface area contributed by atoms with Gasteiger partial charge in [0.1, 0.15) is 24.7 Å². The minimum atomic E-state index is 0.0166. The van der Waals surface area contributed by atoms with Crippen molar-refractivity contribution < 1.29 is 19.7 Å². The van der Waals surface area contributed by atoms with Gasteiger partial charge in [0.15, 0.2) is 0 Å². The third kappa shape index (κ3) is 4.97. The molecular weight excluding hydrogens is 316 g/mol. The molecule has 0 saturated heterocycles. The number of hydrogen-bond donors (Lipinski definition) is 2. The topological polar surface area (TPSA) is 58.9 Å². The van der Waals surface area contributed by atoms with Crippen molar-refractivity contribution >= 4 is 0 Å². The monoisotopic (exact) mass is 344 g/mol. The van der Waals surface area contributed by atoms with Crippen LogP contribution in [0.2, 0.25) is 0 Å². The average molecular weight is 344 g/mol. The Morgan fingerprint density at radius 1 is 0.800 bits per heavy atom. The predicted octanol–water partition coefficient (Wildman–Crippen LogP) is 3.59. The van der Waals surface area contributed by atoms with Crippen molar-refractivity contribution in [2.45, 2.75) is 33.1 Å². The molecule has 2 aromatic rings. The Balaban J connectivity index is 2.24. The molecule has 0 radical (unpaired) electrons. The molecule has 0 bridgehead atoms. The molecule has 136 valence electrons. The summed E-state index contributed by atoms with van der Waals surface area (Å²) in [6.07, 6.45) is 0.993. The molecule has 0 heterocycles. The minimum Gasteiger partial charge on any atom is -0.491 e. The predicted molar refractivity (Wildman–Crippen MR) is 99.7 cm³/mol. The van der Waals surface area contributed by atoms with Crippen LogP contribution in [0.15, 0.2) is 36.4 Å². The molecule has 0 fully saturated rings. The Kier molecular flexibility index (Phi) is 7.29. The van der Waals surface area contributed by atoms with Gasteiger partial charge in [-0.25, -0.2) is 0 Å². The van der Waals surface area contributed by atoms with E-state index in [0.717, 1.165) is 29.0 Å². The van der Waals surface area contributed by atoms with Crippen LogP contribution in [0.25, 0.3) is 0 Å². The highest BCUT2D eigenvalue weighted by molar-refractivity contribution is 5.44. The molecule has 0 aliphatic rings. The Morgan fingerprint density at radius 3 is 1.56 bits per heavy atom. The lowest BCUT2D eigenvalue weighted by molar-refractivity contribution is 0.200. The zero-order chi connectivity index (χ0) is 18.2. The maximum absolute atomic E-state index is 8.90. The molecule has 0 spiro atoms. The van der Waals surface area contributed by atoms with Crippen molar-refractivity contribution in [3.63, 3.8) is 0 Å². The number of aliphatic hydroxyl groups is 2. The van der Waals surface area contributed by atoms with Crippen molar-refractivity contribution in [1.82, 2.24) is 0 Å². The molecule has 0 atom stereocenters. The standard InChI is InChI=1S/C21H28O4/c1-4-19(17-5-7-20(15(2)13-17)24-11-9-22)18-6-8-21(16(3)14-18)25-12-10-23/h5-8,13-14,19,22-23H,4,9-12H2,1-3H3. The van der Waals surface area contributed by atoms with Gasteiger partial charge in [-0.05, 0) is 54.7 Å². The van der Waals surface area contributed by atoms with E-state index in [9.17, 15) is 0 Å². The van der Waals surface area contributed by atoms with Crippen molar-refractivity contribution in [2.24, 2.45) is 0 Å². The molecule has 0 aromatic heterocycles. The summed E-state index contributed by atoms with van der Waals surface area (Å²) < 4.78 is 11.1. The van der Waals surface area contributed by atoms with Gasteiger partial charge in [0, 0.05) is 5.92 Å². The second-order valence-corrected chi connectivity index (χ2v) is 6.15. The number of aliphatic hydroxyl groups excluding tert-OH is 2. The fourth-order valence-electron chi connectivity index (χ4n) is 3.08. The van der Waals surface area contributed by atoms with Gasteiger partial charge in [-0.15, -0.1) is 0 Å². The number of hydrogen-bond acceptors (Lipinski definition) is 4. The van der Waals surface area contributed by atoms with Crippen molar-refractivity contribution in [1.29, 1.82) is 0 Å². The van der Waals surface area contributed by atoms with Gasteiger partial charge in [-0.2, -0.15) is 0 Å². The Labute approximate surface area is 150 Å². The van der Waals surface area contributed by atoms with Crippen LogP contribution >= 0.6 is 0 Å². The normalized spacial score (nSPS) is 11.0. The molecule has 0 aliphatic carbocycles. The molecule has 0 aliphatic heterocycles. The summed E-state index contributed by atoms with van der Waals surface area (Å²) in [7, 11) is 0. The zero-order valence-electron chi connectivity index (χ0n) is 15.3. The Morgan fingerprint density at radius 2 is 1.24 bits per heavy atom. The van der Waals surface area contributed by atoms with E-state index < -0.39 is 0 Å². The maximum Gasteiger partial charge on any atom is 0.122 e. The van der Waals surface area contributed by atoms with Crippen LogP contribution in [0.3, 0.4) is 0 Å². The van der Waals surface area contributed by atoms with Gasteiger partial charge in [0.25, 0.3) is 0 Å². The first-order chi connectivity index (χ1) is 12.1. The van der Waals surface area contributed by atoms with Crippen LogP contribution in [0.4, 0.5) is 0 Å². The van der Waals surface area contributed by atoms with Gasteiger partial charge >= 0.3 is 0 Å². The zero-order valence-corrected chi connectivity index (χ0v) is 15.3. The van der Waals surface area contributed by atoms with Gasteiger partial charge in [-0.3, -0.25) is 0 Å². The fraction of sp³-hybridized carbons (Fsp3) is 0.429. The van der Waals surface area contributed by atoms with E-state index in [1.54, 1.807) is 0 Å². The van der Waals surface area contributed by atoms with Crippen LogP contribution < -0.4 is 9.47 Å². The SMILES string of the molecule is CCC(c1ccc(OCCO)c(C)c1)c1ccc(OCCO)c(C)c1. The van der Waals surface area contributed by atoms with E-state index in [0.29, 0.717) is 19.1 Å². The molecule has 2 N–H and O–H groups in total. The molecule has 4 nitrogen and oxygen atoms in total.